The molecule has 6 heteroatoms. The van der Waals surface area contributed by atoms with Crippen LogP contribution in [0.25, 0.3) is 0 Å². The first-order valence-corrected chi connectivity index (χ1v) is 10.3. The van der Waals surface area contributed by atoms with Gasteiger partial charge in [0, 0.05) is 11.5 Å². The van der Waals surface area contributed by atoms with Gasteiger partial charge in [-0.3, -0.25) is 4.79 Å². The molecule has 1 aliphatic rings. The standard InChI is InChI=1S/C22H26FN3OS/c1-15(2)21(27)26-22(16(3)12-13-24,18-9-5-4-6-10-18)28-20(25-26)17-8-7-11-19(23)14-17/h4-11,14-16H,12-13,24H2,1-3H3/t16-,22?/m0/s1. The second-order valence-electron chi connectivity index (χ2n) is 7.36. The lowest BCUT2D eigenvalue weighted by Gasteiger charge is -2.41. The first kappa shape index (κ1) is 20.6. The Hall–Kier alpha value is -2.18. The lowest BCUT2D eigenvalue weighted by atomic mass is 9.89. The van der Waals surface area contributed by atoms with E-state index in [1.165, 1.54) is 23.9 Å². The summed E-state index contributed by atoms with van der Waals surface area (Å²) in [6, 6.07) is 16.3. The third-order valence-corrected chi connectivity index (χ3v) is 6.62. The van der Waals surface area contributed by atoms with E-state index in [4.69, 9.17) is 10.8 Å². The summed E-state index contributed by atoms with van der Waals surface area (Å²) >= 11 is 1.51. The van der Waals surface area contributed by atoms with E-state index in [9.17, 15) is 9.18 Å². The van der Waals surface area contributed by atoms with E-state index in [1.807, 2.05) is 50.2 Å². The van der Waals surface area contributed by atoms with Gasteiger partial charge in [-0.25, -0.2) is 9.40 Å². The summed E-state index contributed by atoms with van der Waals surface area (Å²) < 4.78 is 13.8. The first-order valence-electron chi connectivity index (χ1n) is 9.53. The van der Waals surface area contributed by atoms with Crippen molar-refractivity contribution in [2.45, 2.75) is 32.1 Å². The number of carbonyl (C=O) groups is 1. The molecule has 0 saturated carbocycles. The van der Waals surface area contributed by atoms with Crippen molar-refractivity contribution in [3.8, 4) is 0 Å². The van der Waals surface area contributed by atoms with Gasteiger partial charge in [0.25, 0.3) is 0 Å². The molecule has 148 valence electrons. The summed E-state index contributed by atoms with van der Waals surface area (Å²) in [6.07, 6.45) is 0.732. The van der Waals surface area contributed by atoms with E-state index in [-0.39, 0.29) is 23.6 Å². The molecule has 2 aromatic rings. The molecule has 2 atom stereocenters. The Bertz CT molecular complexity index is 871. The molecular formula is C22H26FN3OS. The van der Waals surface area contributed by atoms with Gasteiger partial charge < -0.3 is 5.73 Å². The smallest absolute Gasteiger partial charge is 0.246 e. The minimum Gasteiger partial charge on any atom is -0.330 e. The molecule has 0 saturated heterocycles. The van der Waals surface area contributed by atoms with Gasteiger partial charge in [-0.1, -0.05) is 75.0 Å². The fourth-order valence-electron chi connectivity index (χ4n) is 3.47. The highest BCUT2D eigenvalue weighted by molar-refractivity contribution is 8.15. The monoisotopic (exact) mass is 399 g/mol. The maximum atomic E-state index is 13.8. The first-order chi connectivity index (χ1) is 13.4. The van der Waals surface area contributed by atoms with Crippen LogP contribution < -0.4 is 5.73 Å². The van der Waals surface area contributed by atoms with Gasteiger partial charge in [0.15, 0.2) is 0 Å². The Kier molecular flexibility index (Phi) is 6.20. The van der Waals surface area contributed by atoms with Crippen molar-refractivity contribution in [3.63, 3.8) is 0 Å². The third-order valence-electron chi connectivity index (χ3n) is 4.99. The molecule has 2 N–H and O–H groups in total. The van der Waals surface area contributed by atoms with Crippen molar-refractivity contribution < 1.29 is 9.18 Å². The van der Waals surface area contributed by atoms with Gasteiger partial charge in [-0.2, -0.15) is 5.10 Å². The number of hydrazone groups is 1. The predicted octanol–water partition coefficient (Wildman–Crippen LogP) is 4.56. The average molecular weight is 400 g/mol. The number of carbonyl (C=O) groups excluding carboxylic acids is 1. The van der Waals surface area contributed by atoms with Crippen LogP contribution in [0.2, 0.25) is 0 Å². The van der Waals surface area contributed by atoms with E-state index < -0.39 is 4.87 Å². The number of nitrogens with zero attached hydrogens (tertiary/aromatic N) is 2. The molecule has 0 bridgehead atoms. The van der Waals surface area contributed by atoms with Crippen LogP contribution in [-0.2, 0) is 9.67 Å². The fraction of sp³-hybridized carbons (Fsp3) is 0.364. The molecule has 28 heavy (non-hydrogen) atoms. The van der Waals surface area contributed by atoms with Crippen LogP contribution in [0, 0.1) is 17.7 Å². The number of thioether (sulfide) groups is 1. The summed E-state index contributed by atoms with van der Waals surface area (Å²) in [5, 5.41) is 6.96. The molecule has 1 unspecified atom stereocenters. The summed E-state index contributed by atoms with van der Waals surface area (Å²) in [7, 11) is 0. The summed E-state index contributed by atoms with van der Waals surface area (Å²) in [5.74, 6) is -0.562. The number of hydrogen-bond donors (Lipinski definition) is 1. The highest BCUT2D eigenvalue weighted by atomic mass is 32.2. The average Bonchev–Trinajstić information content (AvgIpc) is 3.10. The van der Waals surface area contributed by atoms with Gasteiger partial charge in [-0.05, 0) is 36.6 Å². The van der Waals surface area contributed by atoms with Gasteiger partial charge in [0.05, 0.1) is 0 Å². The molecule has 1 heterocycles. The van der Waals surface area contributed by atoms with E-state index >= 15 is 0 Å². The fourth-order valence-corrected chi connectivity index (χ4v) is 4.92. The van der Waals surface area contributed by atoms with Crippen LogP contribution in [0.15, 0.2) is 59.7 Å². The number of hydrogen-bond acceptors (Lipinski definition) is 4. The van der Waals surface area contributed by atoms with Crippen LogP contribution in [0.4, 0.5) is 4.39 Å². The van der Waals surface area contributed by atoms with Crippen molar-refractivity contribution in [1.82, 2.24) is 5.01 Å². The Labute approximate surface area is 170 Å². The van der Waals surface area contributed by atoms with Crippen LogP contribution in [0.5, 0.6) is 0 Å². The van der Waals surface area contributed by atoms with Crippen molar-refractivity contribution in [2.24, 2.45) is 22.7 Å². The van der Waals surface area contributed by atoms with Gasteiger partial charge in [0.2, 0.25) is 5.91 Å². The van der Waals surface area contributed by atoms with Gasteiger partial charge in [-0.15, -0.1) is 0 Å². The Morgan fingerprint density at radius 2 is 1.89 bits per heavy atom. The van der Waals surface area contributed by atoms with Crippen molar-refractivity contribution >= 4 is 22.7 Å². The number of amides is 1. The number of benzene rings is 2. The minimum atomic E-state index is -0.719. The van der Waals surface area contributed by atoms with E-state index in [2.05, 4.69) is 6.92 Å². The summed E-state index contributed by atoms with van der Waals surface area (Å²) in [6.45, 7) is 6.34. The molecule has 1 aliphatic heterocycles. The van der Waals surface area contributed by atoms with Crippen LogP contribution in [0.1, 0.15) is 38.3 Å². The van der Waals surface area contributed by atoms with Crippen molar-refractivity contribution in [3.05, 3.63) is 71.5 Å². The third kappa shape index (κ3) is 3.71. The predicted molar refractivity (Wildman–Crippen MR) is 113 cm³/mol. The van der Waals surface area contributed by atoms with Crippen molar-refractivity contribution in [1.29, 1.82) is 0 Å². The zero-order valence-corrected chi connectivity index (χ0v) is 17.2. The van der Waals surface area contributed by atoms with E-state index in [1.54, 1.807) is 11.1 Å². The quantitative estimate of drug-likeness (QED) is 0.775. The molecule has 0 aliphatic carbocycles. The minimum absolute atomic E-state index is 0.0439. The van der Waals surface area contributed by atoms with Gasteiger partial charge >= 0.3 is 0 Å². The number of halogens is 1. The molecule has 0 radical (unpaired) electrons. The summed E-state index contributed by atoms with van der Waals surface area (Å²) in [5.41, 5.74) is 7.54. The zero-order valence-electron chi connectivity index (χ0n) is 16.4. The van der Waals surface area contributed by atoms with Crippen LogP contribution in [-0.4, -0.2) is 22.5 Å². The Morgan fingerprint density at radius 3 is 2.50 bits per heavy atom. The van der Waals surface area contributed by atoms with Gasteiger partial charge in [0.1, 0.15) is 15.7 Å². The lowest BCUT2D eigenvalue weighted by molar-refractivity contribution is -0.139. The molecule has 1 amide bonds. The SMILES string of the molecule is CC(C)C(=O)N1N=C(c2cccc(F)c2)SC1(c1ccccc1)[C@@H](C)CCN. The number of nitrogens with two attached hydrogens (primary N) is 1. The van der Waals surface area contributed by atoms with Crippen LogP contribution in [0.3, 0.4) is 0 Å². The molecule has 0 spiro atoms. The number of rotatable bonds is 6. The second-order valence-corrected chi connectivity index (χ2v) is 8.58. The topological polar surface area (TPSA) is 58.7 Å². The normalized spacial score (nSPS) is 20.4. The Balaban J connectivity index is 2.17. The molecule has 0 aromatic heterocycles. The molecule has 0 fully saturated rings. The highest BCUT2D eigenvalue weighted by Crippen LogP contribution is 2.53. The molecule has 4 nitrogen and oxygen atoms in total. The second kappa shape index (κ2) is 8.45. The lowest BCUT2D eigenvalue weighted by Crippen LogP contribution is -2.48. The van der Waals surface area contributed by atoms with Crippen LogP contribution >= 0.6 is 11.8 Å². The van der Waals surface area contributed by atoms with E-state index in [0.717, 1.165) is 12.0 Å². The highest BCUT2D eigenvalue weighted by Gasteiger charge is 2.52. The molecular weight excluding hydrogens is 373 g/mol. The maximum Gasteiger partial charge on any atom is 0.246 e. The Morgan fingerprint density at radius 1 is 1.18 bits per heavy atom. The maximum absolute atomic E-state index is 13.8. The zero-order chi connectivity index (χ0) is 20.3. The summed E-state index contributed by atoms with van der Waals surface area (Å²) in [4.78, 5) is 12.5. The largest absolute Gasteiger partial charge is 0.330 e. The molecule has 2 aromatic carbocycles. The molecule has 3 rings (SSSR count). The van der Waals surface area contributed by atoms with Crippen molar-refractivity contribution in [2.75, 3.05) is 6.54 Å². The van der Waals surface area contributed by atoms with E-state index in [0.29, 0.717) is 17.2 Å².